The SMILES string of the molecule is COC(=O)Cn1nnnc1Sc1nc(C(F)(F)F)ns1. The molecule has 20 heavy (non-hydrogen) atoms. The Morgan fingerprint density at radius 2 is 2.25 bits per heavy atom. The van der Waals surface area contributed by atoms with Gasteiger partial charge in [-0.15, -0.1) is 5.10 Å². The molecule has 108 valence electrons. The molecule has 0 atom stereocenters. The molecule has 0 saturated carbocycles. The number of halogens is 3. The molecule has 2 aromatic rings. The lowest BCUT2D eigenvalue weighted by Crippen LogP contribution is -2.13. The van der Waals surface area contributed by atoms with E-state index < -0.39 is 18.0 Å². The van der Waals surface area contributed by atoms with E-state index in [-0.39, 0.29) is 16.0 Å². The fourth-order valence-corrected chi connectivity index (χ4v) is 2.49. The first kappa shape index (κ1) is 14.6. The van der Waals surface area contributed by atoms with Gasteiger partial charge in [0.1, 0.15) is 6.54 Å². The Morgan fingerprint density at radius 1 is 1.50 bits per heavy atom. The van der Waals surface area contributed by atoms with Gasteiger partial charge in [0.15, 0.2) is 4.34 Å². The smallest absolute Gasteiger partial charge is 0.452 e. The molecule has 0 N–H and O–H groups in total. The minimum atomic E-state index is -4.60. The van der Waals surface area contributed by atoms with Crippen molar-refractivity contribution >= 4 is 29.3 Å². The van der Waals surface area contributed by atoms with E-state index >= 15 is 0 Å². The predicted molar refractivity (Wildman–Crippen MR) is 58.9 cm³/mol. The highest BCUT2D eigenvalue weighted by atomic mass is 32.2. The summed E-state index contributed by atoms with van der Waals surface area (Å²) < 4.78 is 45.8. The summed E-state index contributed by atoms with van der Waals surface area (Å²) >= 11 is 1.34. The van der Waals surface area contributed by atoms with Gasteiger partial charge >= 0.3 is 12.1 Å². The van der Waals surface area contributed by atoms with Crippen molar-refractivity contribution in [2.75, 3.05) is 7.11 Å². The molecule has 0 bridgehead atoms. The molecule has 0 aromatic carbocycles. The minimum Gasteiger partial charge on any atom is -0.468 e. The summed E-state index contributed by atoms with van der Waals surface area (Å²) in [6.07, 6.45) is -4.60. The molecule has 0 aliphatic rings. The van der Waals surface area contributed by atoms with Crippen LogP contribution in [0.25, 0.3) is 0 Å². The van der Waals surface area contributed by atoms with E-state index in [0.717, 1.165) is 16.4 Å². The lowest BCUT2D eigenvalue weighted by Gasteiger charge is -2.00. The van der Waals surface area contributed by atoms with Crippen molar-refractivity contribution in [3.63, 3.8) is 0 Å². The third kappa shape index (κ3) is 3.41. The molecule has 2 heterocycles. The van der Waals surface area contributed by atoms with Crippen LogP contribution in [0.3, 0.4) is 0 Å². The fourth-order valence-electron chi connectivity index (χ4n) is 1.000. The van der Waals surface area contributed by atoms with Crippen molar-refractivity contribution in [2.45, 2.75) is 22.2 Å². The maximum Gasteiger partial charge on any atom is 0.452 e. The first-order valence-electron chi connectivity index (χ1n) is 4.82. The molecule has 2 aromatic heterocycles. The van der Waals surface area contributed by atoms with Gasteiger partial charge < -0.3 is 4.74 Å². The molecule has 0 unspecified atom stereocenters. The van der Waals surface area contributed by atoms with Gasteiger partial charge in [-0.25, -0.2) is 9.67 Å². The molecule has 0 spiro atoms. The van der Waals surface area contributed by atoms with Crippen LogP contribution >= 0.6 is 23.3 Å². The molecule has 0 amide bonds. The summed E-state index contributed by atoms with van der Waals surface area (Å²) in [6.45, 7) is -0.253. The molecule has 0 radical (unpaired) electrons. The van der Waals surface area contributed by atoms with E-state index in [1.165, 1.54) is 7.11 Å². The van der Waals surface area contributed by atoms with Gasteiger partial charge in [0.05, 0.1) is 7.11 Å². The minimum absolute atomic E-state index is 0.0123. The van der Waals surface area contributed by atoms with Gasteiger partial charge in [-0.05, 0) is 33.7 Å². The van der Waals surface area contributed by atoms with E-state index in [4.69, 9.17) is 0 Å². The van der Waals surface area contributed by atoms with E-state index in [9.17, 15) is 18.0 Å². The highest BCUT2D eigenvalue weighted by molar-refractivity contribution is 8.00. The number of methoxy groups -OCH3 is 1. The van der Waals surface area contributed by atoms with Gasteiger partial charge in [-0.2, -0.15) is 17.5 Å². The van der Waals surface area contributed by atoms with Crippen LogP contribution in [0, 0.1) is 0 Å². The molecule has 0 aliphatic carbocycles. The Labute approximate surface area is 117 Å². The lowest BCUT2D eigenvalue weighted by molar-refractivity contribution is -0.144. The lowest BCUT2D eigenvalue weighted by atomic mass is 10.6. The van der Waals surface area contributed by atoms with Gasteiger partial charge in [0.2, 0.25) is 11.0 Å². The zero-order chi connectivity index (χ0) is 14.8. The van der Waals surface area contributed by atoms with E-state index in [2.05, 4.69) is 29.6 Å². The third-order valence-electron chi connectivity index (χ3n) is 1.85. The number of carbonyl (C=O) groups excluding carboxylic acids is 1. The molecule has 0 fully saturated rings. The number of tetrazole rings is 1. The summed E-state index contributed by atoms with van der Waals surface area (Å²) in [5.74, 6) is -1.82. The highest BCUT2D eigenvalue weighted by Gasteiger charge is 2.36. The Bertz CT molecular complexity index is 612. The fraction of sp³-hybridized carbons (Fsp3) is 0.429. The van der Waals surface area contributed by atoms with Crippen LogP contribution in [0.2, 0.25) is 0 Å². The summed E-state index contributed by atoms with van der Waals surface area (Å²) in [5.41, 5.74) is 0. The van der Waals surface area contributed by atoms with Crippen LogP contribution < -0.4 is 0 Å². The second kappa shape index (κ2) is 5.70. The van der Waals surface area contributed by atoms with E-state index in [1.54, 1.807) is 0 Å². The number of nitrogens with zero attached hydrogens (tertiary/aromatic N) is 6. The first-order chi connectivity index (χ1) is 9.40. The Morgan fingerprint density at radius 3 is 2.85 bits per heavy atom. The number of alkyl halides is 3. The number of esters is 1. The zero-order valence-electron chi connectivity index (χ0n) is 9.66. The molecular formula is C7H5F3N6O2S2. The Balaban J connectivity index is 2.13. The van der Waals surface area contributed by atoms with Crippen molar-refractivity contribution in [1.82, 2.24) is 29.6 Å². The number of ether oxygens (including phenoxy) is 1. The first-order valence-corrected chi connectivity index (χ1v) is 6.41. The Hall–Kier alpha value is -1.76. The average Bonchev–Trinajstić information content (AvgIpc) is 2.99. The third-order valence-corrected chi connectivity index (χ3v) is 3.57. The van der Waals surface area contributed by atoms with Gasteiger partial charge in [0.25, 0.3) is 0 Å². The van der Waals surface area contributed by atoms with E-state index in [1.807, 2.05) is 0 Å². The Kier molecular flexibility index (Phi) is 4.17. The molecule has 13 heteroatoms. The molecular weight excluding hydrogens is 321 g/mol. The van der Waals surface area contributed by atoms with Crippen LogP contribution in [0.4, 0.5) is 13.2 Å². The standard InChI is InChI=1S/C7H5F3N6O2S2/c1-18-3(17)2-16-5(12-14-15-16)19-6-11-4(13-20-6)7(8,9)10/h2H2,1H3. The normalized spacial score (nSPS) is 11.6. The van der Waals surface area contributed by atoms with Crippen LogP contribution in [0.5, 0.6) is 0 Å². The number of hydrogen-bond donors (Lipinski definition) is 0. The maximum absolute atomic E-state index is 12.3. The summed E-state index contributed by atoms with van der Waals surface area (Å²) in [5, 5.41) is 10.6. The van der Waals surface area contributed by atoms with Crippen molar-refractivity contribution in [1.29, 1.82) is 0 Å². The van der Waals surface area contributed by atoms with Gasteiger partial charge in [-0.3, -0.25) is 4.79 Å². The average molecular weight is 326 g/mol. The largest absolute Gasteiger partial charge is 0.468 e. The number of hydrogen-bond acceptors (Lipinski definition) is 9. The van der Waals surface area contributed by atoms with Gasteiger partial charge in [-0.1, -0.05) is 0 Å². The van der Waals surface area contributed by atoms with Crippen molar-refractivity contribution in [2.24, 2.45) is 0 Å². The molecule has 0 saturated heterocycles. The van der Waals surface area contributed by atoms with Crippen molar-refractivity contribution in [3.05, 3.63) is 5.82 Å². The zero-order valence-corrected chi connectivity index (χ0v) is 11.3. The van der Waals surface area contributed by atoms with Crippen LogP contribution in [-0.2, 0) is 22.3 Å². The monoisotopic (exact) mass is 326 g/mol. The van der Waals surface area contributed by atoms with Crippen molar-refractivity contribution < 1.29 is 22.7 Å². The number of aromatic nitrogens is 6. The summed E-state index contributed by atoms with van der Waals surface area (Å²) in [6, 6.07) is 0. The highest BCUT2D eigenvalue weighted by Crippen LogP contribution is 2.32. The quantitative estimate of drug-likeness (QED) is 0.764. The van der Waals surface area contributed by atoms with Crippen molar-refractivity contribution in [3.8, 4) is 0 Å². The summed E-state index contributed by atoms with van der Waals surface area (Å²) in [4.78, 5) is 14.4. The second-order valence-electron chi connectivity index (χ2n) is 3.18. The maximum atomic E-state index is 12.3. The number of rotatable bonds is 4. The topological polar surface area (TPSA) is 95.7 Å². The molecule has 2 rings (SSSR count). The number of carbonyl (C=O) groups is 1. The van der Waals surface area contributed by atoms with Crippen LogP contribution in [0.1, 0.15) is 5.82 Å². The van der Waals surface area contributed by atoms with Crippen LogP contribution in [0.15, 0.2) is 9.50 Å². The summed E-state index contributed by atoms with van der Waals surface area (Å²) in [7, 11) is 1.19. The molecule has 0 aliphatic heterocycles. The van der Waals surface area contributed by atoms with Gasteiger partial charge in [0, 0.05) is 0 Å². The second-order valence-corrected chi connectivity index (χ2v) is 5.15. The van der Waals surface area contributed by atoms with Crippen LogP contribution in [-0.4, -0.2) is 42.6 Å². The van der Waals surface area contributed by atoms with E-state index in [0.29, 0.717) is 11.5 Å². The molecule has 8 nitrogen and oxygen atoms in total. The predicted octanol–water partition coefficient (Wildman–Crippen LogP) is 0.868.